The first-order chi connectivity index (χ1) is 8.13. The Kier molecular flexibility index (Phi) is 3.17. The summed E-state index contributed by atoms with van der Waals surface area (Å²) in [5.41, 5.74) is 0.307. The van der Waals surface area contributed by atoms with Crippen molar-refractivity contribution in [3.63, 3.8) is 0 Å². The Bertz CT molecular complexity index is 428. The summed E-state index contributed by atoms with van der Waals surface area (Å²) in [6, 6.07) is 1.70. The van der Waals surface area contributed by atoms with Gasteiger partial charge in [-0.15, -0.1) is 0 Å². The molecule has 0 spiro atoms. The zero-order chi connectivity index (χ0) is 12.4. The van der Waals surface area contributed by atoms with E-state index in [1.165, 1.54) is 4.90 Å². The summed E-state index contributed by atoms with van der Waals surface area (Å²) < 4.78 is 10.9. The second-order valence-corrected chi connectivity index (χ2v) is 4.21. The van der Waals surface area contributed by atoms with Gasteiger partial charge in [0.1, 0.15) is 0 Å². The number of ether oxygens (including phenoxy) is 2. The van der Waals surface area contributed by atoms with Gasteiger partial charge in [0.05, 0.1) is 13.2 Å². The zero-order valence-electron chi connectivity index (χ0n) is 10.3. The predicted molar refractivity (Wildman–Crippen MR) is 62.5 cm³/mol. The molecule has 1 aliphatic carbocycles. The molecule has 0 N–H and O–H groups in total. The van der Waals surface area contributed by atoms with Gasteiger partial charge in [-0.05, 0) is 12.8 Å². The van der Waals surface area contributed by atoms with Crippen molar-refractivity contribution in [3.8, 4) is 11.5 Å². The van der Waals surface area contributed by atoms with Crippen molar-refractivity contribution in [2.24, 2.45) is 0 Å². The Morgan fingerprint density at radius 3 is 2.71 bits per heavy atom. The van der Waals surface area contributed by atoms with Crippen LogP contribution in [0.2, 0.25) is 0 Å². The zero-order valence-corrected chi connectivity index (χ0v) is 10.3. The van der Waals surface area contributed by atoms with E-state index in [0.717, 1.165) is 12.8 Å². The summed E-state index contributed by atoms with van der Waals surface area (Å²) >= 11 is 0. The molecule has 5 nitrogen and oxygen atoms in total. The number of pyridine rings is 1. The van der Waals surface area contributed by atoms with E-state index in [-0.39, 0.29) is 12.0 Å². The van der Waals surface area contributed by atoms with Crippen LogP contribution in [0.25, 0.3) is 0 Å². The molecule has 1 saturated carbocycles. The van der Waals surface area contributed by atoms with Crippen LogP contribution in [0.3, 0.4) is 0 Å². The van der Waals surface area contributed by atoms with Crippen LogP contribution in [0.15, 0.2) is 12.3 Å². The molecule has 0 aliphatic heterocycles. The third kappa shape index (κ3) is 2.49. The number of amides is 1. The van der Waals surface area contributed by atoms with Crippen LogP contribution < -0.4 is 9.47 Å². The molecule has 1 heterocycles. The summed E-state index contributed by atoms with van der Waals surface area (Å²) in [6.45, 7) is 0. The lowest BCUT2D eigenvalue weighted by atomic mass is 10.2. The Morgan fingerprint density at radius 2 is 2.18 bits per heavy atom. The Hall–Kier alpha value is -1.78. The molecule has 1 aromatic heterocycles. The SMILES string of the molecule is COc1ccnc(C(=O)N(C)C)c1OC1CC1. The van der Waals surface area contributed by atoms with Crippen molar-refractivity contribution < 1.29 is 14.3 Å². The normalized spacial score (nSPS) is 14.3. The van der Waals surface area contributed by atoms with Gasteiger partial charge in [0.25, 0.3) is 5.91 Å². The monoisotopic (exact) mass is 236 g/mol. The minimum Gasteiger partial charge on any atom is -0.493 e. The molecule has 0 bridgehead atoms. The summed E-state index contributed by atoms with van der Waals surface area (Å²) in [7, 11) is 4.92. The molecule has 0 saturated heterocycles. The quantitative estimate of drug-likeness (QED) is 0.791. The van der Waals surface area contributed by atoms with Crippen LogP contribution in [-0.2, 0) is 0 Å². The number of rotatable bonds is 4. The van der Waals surface area contributed by atoms with Gasteiger partial charge in [0.15, 0.2) is 17.2 Å². The number of hydrogen-bond acceptors (Lipinski definition) is 4. The molecule has 1 amide bonds. The van der Waals surface area contributed by atoms with Gasteiger partial charge in [0.2, 0.25) is 0 Å². The van der Waals surface area contributed by atoms with Crippen molar-refractivity contribution in [1.82, 2.24) is 9.88 Å². The van der Waals surface area contributed by atoms with Crippen molar-refractivity contribution >= 4 is 5.91 Å². The number of hydrogen-bond donors (Lipinski definition) is 0. The maximum atomic E-state index is 12.0. The molecule has 0 radical (unpaired) electrons. The third-order valence-corrected chi connectivity index (χ3v) is 2.51. The van der Waals surface area contributed by atoms with Crippen molar-refractivity contribution in [2.45, 2.75) is 18.9 Å². The number of aromatic nitrogens is 1. The molecule has 0 unspecified atom stereocenters. The number of carbonyl (C=O) groups excluding carboxylic acids is 1. The van der Waals surface area contributed by atoms with E-state index < -0.39 is 0 Å². The first-order valence-electron chi connectivity index (χ1n) is 5.54. The van der Waals surface area contributed by atoms with E-state index in [9.17, 15) is 4.79 Å². The average molecular weight is 236 g/mol. The third-order valence-electron chi connectivity index (χ3n) is 2.51. The highest BCUT2D eigenvalue weighted by atomic mass is 16.5. The van der Waals surface area contributed by atoms with Gasteiger partial charge in [-0.1, -0.05) is 0 Å². The standard InChI is InChI=1S/C12H16N2O3/c1-14(2)12(15)10-11(17-8-4-5-8)9(16-3)6-7-13-10/h6-8H,4-5H2,1-3H3. The summed E-state index contributed by atoms with van der Waals surface area (Å²) in [5.74, 6) is 0.827. The van der Waals surface area contributed by atoms with Crippen LogP contribution in [0.4, 0.5) is 0 Å². The van der Waals surface area contributed by atoms with Gasteiger partial charge >= 0.3 is 0 Å². The minimum absolute atomic E-state index is 0.181. The van der Waals surface area contributed by atoms with Gasteiger partial charge in [-0.25, -0.2) is 4.98 Å². The molecule has 17 heavy (non-hydrogen) atoms. The molecule has 92 valence electrons. The summed E-state index contributed by atoms with van der Waals surface area (Å²) in [6.07, 6.45) is 3.79. The van der Waals surface area contributed by atoms with Crippen molar-refractivity contribution in [1.29, 1.82) is 0 Å². The van der Waals surface area contributed by atoms with Gasteiger partial charge < -0.3 is 14.4 Å². The predicted octanol–water partition coefficient (Wildman–Crippen LogP) is 1.33. The highest BCUT2D eigenvalue weighted by Gasteiger charge is 2.29. The smallest absolute Gasteiger partial charge is 0.275 e. The molecule has 2 rings (SSSR count). The lowest BCUT2D eigenvalue weighted by Gasteiger charge is -2.15. The summed E-state index contributed by atoms with van der Waals surface area (Å²) in [4.78, 5) is 17.5. The lowest BCUT2D eigenvalue weighted by Crippen LogP contribution is -2.24. The second-order valence-electron chi connectivity index (χ2n) is 4.21. The van der Waals surface area contributed by atoms with E-state index in [2.05, 4.69) is 4.98 Å². The fraction of sp³-hybridized carbons (Fsp3) is 0.500. The van der Waals surface area contributed by atoms with Crippen LogP contribution in [0.1, 0.15) is 23.3 Å². The molecule has 0 atom stereocenters. The first kappa shape index (κ1) is 11.7. The largest absolute Gasteiger partial charge is 0.493 e. The molecule has 1 fully saturated rings. The van der Waals surface area contributed by atoms with Crippen LogP contribution in [0.5, 0.6) is 11.5 Å². The highest BCUT2D eigenvalue weighted by Crippen LogP contribution is 2.35. The van der Waals surface area contributed by atoms with Gasteiger partial charge in [0, 0.05) is 26.4 Å². The fourth-order valence-corrected chi connectivity index (χ4v) is 1.42. The fourth-order valence-electron chi connectivity index (χ4n) is 1.42. The Morgan fingerprint density at radius 1 is 1.47 bits per heavy atom. The van der Waals surface area contributed by atoms with E-state index in [1.807, 2.05) is 0 Å². The number of nitrogens with zero attached hydrogens (tertiary/aromatic N) is 2. The van der Waals surface area contributed by atoms with Gasteiger partial charge in [-0.2, -0.15) is 0 Å². The van der Waals surface area contributed by atoms with E-state index in [0.29, 0.717) is 17.2 Å². The average Bonchev–Trinajstić information content (AvgIpc) is 3.12. The van der Waals surface area contributed by atoms with Crippen LogP contribution in [-0.4, -0.2) is 43.1 Å². The molecule has 1 aromatic rings. The highest BCUT2D eigenvalue weighted by molar-refractivity contribution is 5.95. The van der Waals surface area contributed by atoms with E-state index >= 15 is 0 Å². The Balaban J connectivity index is 2.37. The number of methoxy groups -OCH3 is 1. The lowest BCUT2D eigenvalue weighted by molar-refractivity contribution is 0.0815. The molecule has 0 aromatic carbocycles. The molecular weight excluding hydrogens is 220 g/mol. The van der Waals surface area contributed by atoms with E-state index in [4.69, 9.17) is 9.47 Å². The van der Waals surface area contributed by atoms with Crippen molar-refractivity contribution in [2.75, 3.05) is 21.2 Å². The second kappa shape index (κ2) is 4.61. The van der Waals surface area contributed by atoms with Crippen LogP contribution in [0, 0.1) is 0 Å². The summed E-state index contributed by atoms with van der Waals surface area (Å²) in [5, 5.41) is 0. The van der Waals surface area contributed by atoms with E-state index in [1.54, 1.807) is 33.5 Å². The van der Waals surface area contributed by atoms with Crippen molar-refractivity contribution in [3.05, 3.63) is 18.0 Å². The van der Waals surface area contributed by atoms with Gasteiger partial charge in [-0.3, -0.25) is 4.79 Å². The van der Waals surface area contributed by atoms with Crippen LogP contribution >= 0.6 is 0 Å². The first-order valence-corrected chi connectivity index (χ1v) is 5.54. The maximum absolute atomic E-state index is 12.0. The maximum Gasteiger partial charge on any atom is 0.275 e. The molecule has 5 heteroatoms. The Labute approximate surface area is 100 Å². The molecule has 1 aliphatic rings. The topological polar surface area (TPSA) is 51.7 Å². The molecular formula is C12H16N2O3. The minimum atomic E-state index is -0.181. The number of carbonyl (C=O) groups is 1.